The third-order valence-corrected chi connectivity index (χ3v) is 2.97. The number of hydrogen-bond acceptors (Lipinski definition) is 2. The van der Waals surface area contributed by atoms with Crippen molar-refractivity contribution in [3.8, 4) is 5.75 Å². The lowest BCUT2D eigenvalue weighted by Crippen LogP contribution is -2.06. The van der Waals surface area contributed by atoms with Crippen LogP contribution in [0.4, 0.5) is 0 Å². The van der Waals surface area contributed by atoms with Crippen LogP contribution in [0.1, 0.15) is 19.4 Å². The zero-order valence-electron chi connectivity index (χ0n) is 9.41. The Morgan fingerprint density at radius 2 is 1.88 bits per heavy atom. The second kappa shape index (κ2) is 6.21. The van der Waals surface area contributed by atoms with E-state index in [1.54, 1.807) is 0 Å². The van der Waals surface area contributed by atoms with Gasteiger partial charge in [0.05, 0.1) is 15.0 Å². The van der Waals surface area contributed by atoms with Gasteiger partial charge in [0.2, 0.25) is 0 Å². The van der Waals surface area contributed by atoms with Crippen molar-refractivity contribution >= 4 is 43.9 Å². The Balaban J connectivity index is 3.05. The van der Waals surface area contributed by atoms with E-state index in [0.717, 1.165) is 20.6 Å². The van der Waals surface area contributed by atoms with Crippen LogP contribution in [0.2, 0.25) is 0 Å². The van der Waals surface area contributed by atoms with Crippen LogP contribution < -0.4 is 4.74 Å². The summed E-state index contributed by atoms with van der Waals surface area (Å²) in [6, 6.07) is 3.61. The topological polar surface area (TPSA) is 46.5 Å². The molecule has 0 radical (unpaired) electrons. The van der Waals surface area contributed by atoms with E-state index in [-0.39, 0.29) is 6.10 Å². The Labute approximate surface area is 117 Å². The van der Waals surface area contributed by atoms with Gasteiger partial charge in [-0.25, -0.2) is 4.79 Å². The lowest BCUT2D eigenvalue weighted by Gasteiger charge is -2.13. The second-order valence-corrected chi connectivity index (χ2v) is 5.36. The molecule has 1 N–H and O–H groups in total. The molecule has 17 heavy (non-hydrogen) atoms. The smallest absolute Gasteiger partial charge is 0.328 e. The molecule has 0 amide bonds. The normalized spacial score (nSPS) is 11.1. The van der Waals surface area contributed by atoms with Gasteiger partial charge >= 0.3 is 5.97 Å². The zero-order valence-corrected chi connectivity index (χ0v) is 12.6. The Morgan fingerprint density at radius 1 is 1.35 bits per heavy atom. The summed E-state index contributed by atoms with van der Waals surface area (Å²) in [5, 5.41) is 8.55. The van der Waals surface area contributed by atoms with Gasteiger partial charge in [0.15, 0.2) is 0 Å². The Hall–Kier alpha value is -0.810. The fourth-order valence-corrected chi connectivity index (χ4v) is 2.60. The number of benzene rings is 1. The van der Waals surface area contributed by atoms with Crippen LogP contribution in [0.25, 0.3) is 6.08 Å². The van der Waals surface area contributed by atoms with Crippen molar-refractivity contribution in [2.75, 3.05) is 0 Å². The number of hydrogen-bond donors (Lipinski definition) is 1. The van der Waals surface area contributed by atoms with Crippen LogP contribution in [0.15, 0.2) is 27.2 Å². The molecule has 92 valence electrons. The van der Waals surface area contributed by atoms with E-state index in [4.69, 9.17) is 9.84 Å². The van der Waals surface area contributed by atoms with Crippen molar-refractivity contribution < 1.29 is 14.6 Å². The summed E-state index contributed by atoms with van der Waals surface area (Å²) in [4.78, 5) is 10.4. The summed E-state index contributed by atoms with van der Waals surface area (Å²) in [5.41, 5.74) is 0.780. The van der Waals surface area contributed by atoms with Gasteiger partial charge < -0.3 is 9.84 Å². The average molecular weight is 364 g/mol. The summed E-state index contributed by atoms with van der Waals surface area (Å²) < 4.78 is 7.19. The van der Waals surface area contributed by atoms with Crippen LogP contribution in [-0.4, -0.2) is 17.2 Å². The van der Waals surface area contributed by atoms with E-state index in [0.29, 0.717) is 5.75 Å². The quantitative estimate of drug-likeness (QED) is 0.819. The highest BCUT2D eigenvalue weighted by Gasteiger charge is 2.09. The number of carboxylic acid groups (broad SMARTS) is 1. The highest BCUT2D eigenvalue weighted by Crippen LogP contribution is 2.35. The number of carboxylic acids is 1. The monoisotopic (exact) mass is 362 g/mol. The molecule has 0 saturated heterocycles. The van der Waals surface area contributed by atoms with Gasteiger partial charge in [-0.2, -0.15) is 0 Å². The highest BCUT2D eigenvalue weighted by molar-refractivity contribution is 9.11. The largest absolute Gasteiger partial charge is 0.489 e. The molecule has 0 aromatic heterocycles. The molecule has 0 spiro atoms. The predicted molar refractivity (Wildman–Crippen MR) is 74.3 cm³/mol. The van der Waals surface area contributed by atoms with Gasteiger partial charge in [-0.3, -0.25) is 0 Å². The Morgan fingerprint density at radius 3 is 2.29 bits per heavy atom. The number of aliphatic carboxylic acids is 1. The first-order chi connectivity index (χ1) is 7.90. The minimum atomic E-state index is -0.972. The molecule has 0 heterocycles. The zero-order chi connectivity index (χ0) is 13.0. The van der Waals surface area contributed by atoms with Crippen LogP contribution in [0.3, 0.4) is 0 Å². The molecule has 5 heteroatoms. The molecule has 1 aromatic rings. The maximum atomic E-state index is 10.4. The van der Waals surface area contributed by atoms with Crippen molar-refractivity contribution in [3.63, 3.8) is 0 Å². The first-order valence-electron chi connectivity index (χ1n) is 4.97. The average Bonchev–Trinajstić information content (AvgIpc) is 2.20. The molecule has 0 aliphatic carbocycles. The first-order valence-corrected chi connectivity index (χ1v) is 6.55. The molecular weight excluding hydrogens is 352 g/mol. The van der Waals surface area contributed by atoms with Crippen molar-refractivity contribution in [2.45, 2.75) is 20.0 Å². The van der Waals surface area contributed by atoms with E-state index < -0.39 is 5.97 Å². The van der Waals surface area contributed by atoms with Crippen molar-refractivity contribution in [3.05, 3.63) is 32.7 Å². The fraction of sp³-hybridized carbons (Fsp3) is 0.250. The van der Waals surface area contributed by atoms with Crippen LogP contribution in [-0.2, 0) is 4.79 Å². The molecule has 0 bridgehead atoms. The summed E-state index contributed by atoms with van der Waals surface area (Å²) in [6.45, 7) is 3.88. The SMILES string of the molecule is CC(C)Oc1c(Br)cc(/C=C/C(=O)O)cc1Br. The number of rotatable bonds is 4. The Kier molecular flexibility index (Phi) is 5.21. The van der Waals surface area contributed by atoms with Gasteiger partial charge in [-0.05, 0) is 69.5 Å². The summed E-state index contributed by atoms with van der Waals surface area (Å²) in [6.07, 6.45) is 2.69. The third-order valence-electron chi connectivity index (χ3n) is 1.79. The molecule has 1 aromatic carbocycles. The molecule has 0 atom stereocenters. The van der Waals surface area contributed by atoms with Gasteiger partial charge in [0, 0.05) is 6.08 Å². The molecule has 0 saturated carbocycles. The first kappa shape index (κ1) is 14.3. The van der Waals surface area contributed by atoms with Crippen LogP contribution in [0, 0.1) is 0 Å². The number of halogens is 2. The van der Waals surface area contributed by atoms with E-state index in [2.05, 4.69) is 31.9 Å². The summed E-state index contributed by atoms with van der Waals surface area (Å²) in [5.74, 6) is -0.257. The molecule has 0 unspecified atom stereocenters. The van der Waals surface area contributed by atoms with Crippen molar-refractivity contribution in [2.24, 2.45) is 0 Å². The highest BCUT2D eigenvalue weighted by atomic mass is 79.9. The van der Waals surface area contributed by atoms with E-state index in [1.165, 1.54) is 6.08 Å². The molecule has 1 rings (SSSR count). The second-order valence-electron chi connectivity index (χ2n) is 3.65. The molecular formula is C12H12Br2O3. The van der Waals surface area contributed by atoms with E-state index >= 15 is 0 Å². The van der Waals surface area contributed by atoms with Gasteiger partial charge in [-0.15, -0.1) is 0 Å². The number of carbonyl (C=O) groups is 1. The van der Waals surface area contributed by atoms with Gasteiger partial charge in [0.1, 0.15) is 5.75 Å². The lowest BCUT2D eigenvalue weighted by atomic mass is 10.2. The predicted octanol–water partition coefficient (Wildman–Crippen LogP) is 4.10. The fourth-order valence-electron chi connectivity index (χ4n) is 1.19. The minimum absolute atomic E-state index is 0.0722. The minimum Gasteiger partial charge on any atom is -0.489 e. The standard InChI is InChI=1S/C12H12Br2O3/c1-7(2)17-12-9(13)5-8(6-10(12)14)3-4-11(15)16/h3-7H,1-2H3,(H,15,16)/b4-3+. The summed E-state index contributed by atoms with van der Waals surface area (Å²) >= 11 is 6.79. The molecule has 0 aliphatic heterocycles. The van der Waals surface area contributed by atoms with Crippen LogP contribution >= 0.6 is 31.9 Å². The van der Waals surface area contributed by atoms with E-state index in [1.807, 2.05) is 26.0 Å². The molecule has 3 nitrogen and oxygen atoms in total. The maximum absolute atomic E-state index is 10.4. The van der Waals surface area contributed by atoms with Gasteiger partial charge in [-0.1, -0.05) is 0 Å². The lowest BCUT2D eigenvalue weighted by molar-refractivity contribution is -0.131. The van der Waals surface area contributed by atoms with Crippen LogP contribution in [0.5, 0.6) is 5.75 Å². The van der Waals surface area contributed by atoms with Crippen molar-refractivity contribution in [1.29, 1.82) is 0 Å². The van der Waals surface area contributed by atoms with Gasteiger partial charge in [0.25, 0.3) is 0 Å². The third kappa shape index (κ3) is 4.52. The summed E-state index contributed by atoms with van der Waals surface area (Å²) in [7, 11) is 0. The number of ether oxygens (including phenoxy) is 1. The molecule has 0 fully saturated rings. The van der Waals surface area contributed by atoms with Crippen molar-refractivity contribution in [1.82, 2.24) is 0 Å². The Bertz CT molecular complexity index is 430. The van der Waals surface area contributed by atoms with E-state index in [9.17, 15) is 4.79 Å². The maximum Gasteiger partial charge on any atom is 0.328 e. The molecule has 0 aliphatic rings.